The van der Waals surface area contributed by atoms with Gasteiger partial charge in [0.05, 0.1) is 5.69 Å². The Hall–Kier alpha value is -1.42. The standard InChI is InChI=1S/C11H7BrIN3O3/c12-6-2-1-5(13)3-7(6)14-10(18)8-4-9(17)16-11(19)15-8/h1-4H,(H,14,18)(H2,15,16,17,19). The molecule has 0 saturated carbocycles. The molecule has 0 aliphatic heterocycles. The first-order valence-corrected chi connectivity index (χ1v) is 6.93. The van der Waals surface area contributed by atoms with E-state index in [1.165, 1.54) is 0 Å². The van der Waals surface area contributed by atoms with Crippen LogP contribution in [-0.4, -0.2) is 15.9 Å². The maximum Gasteiger partial charge on any atom is 0.326 e. The average Bonchev–Trinajstić information content (AvgIpc) is 2.32. The van der Waals surface area contributed by atoms with Crippen molar-refractivity contribution in [1.29, 1.82) is 0 Å². The zero-order chi connectivity index (χ0) is 14.0. The molecule has 2 rings (SSSR count). The second kappa shape index (κ2) is 5.70. The second-order valence-corrected chi connectivity index (χ2v) is 5.68. The number of amides is 1. The third kappa shape index (κ3) is 3.53. The number of anilines is 1. The van der Waals surface area contributed by atoms with Gasteiger partial charge >= 0.3 is 5.69 Å². The Kier molecular flexibility index (Phi) is 4.20. The molecule has 3 N–H and O–H groups in total. The Bertz CT molecular complexity index is 725. The van der Waals surface area contributed by atoms with E-state index in [4.69, 9.17) is 0 Å². The van der Waals surface area contributed by atoms with Gasteiger partial charge in [-0.05, 0) is 56.7 Å². The monoisotopic (exact) mass is 435 g/mol. The van der Waals surface area contributed by atoms with E-state index in [0.717, 1.165) is 9.64 Å². The molecule has 0 aliphatic rings. The third-order valence-corrected chi connectivity index (χ3v) is 3.54. The molecule has 1 amide bonds. The number of benzene rings is 1. The first kappa shape index (κ1) is 14.0. The molecular weight excluding hydrogens is 429 g/mol. The van der Waals surface area contributed by atoms with E-state index in [0.29, 0.717) is 10.2 Å². The maximum atomic E-state index is 11.9. The molecule has 1 aromatic carbocycles. The highest BCUT2D eigenvalue weighted by Crippen LogP contribution is 2.24. The fraction of sp³-hybridized carbons (Fsp3) is 0. The van der Waals surface area contributed by atoms with E-state index in [9.17, 15) is 14.4 Å². The molecule has 2 aromatic rings. The van der Waals surface area contributed by atoms with Crippen molar-refractivity contribution in [3.63, 3.8) is 0 Å². The van der Waals surface area contributed by atoms with Gasteiger partial charge < -0.3 is 10.3 Å². The first-order valence-electron chi connectivity index (χ1n) is 5.06. The minimum absolute atomic E-state index is 0.0977. The number of halogens is 2. The highest BCUT2D eigenvalue weighted by Gasteiger charge is 2.10. The Balaban J connectivity index is 2.33. The third-order valence-electron chi connectivity index (χ3n) is 2.18. The smallest absolute Gasteiger partial charge is 0.320 e. The maximum absolute atomic E-state index is 11.9. The van der Waals surface area contributed by atoms with E-state index >= 15 is 0 Å². The molecule has 1 heterocycles. The summed E-state index contributed by atoms with van der Waals surface area (Å²) in [6, 6.07) is 6.44. The number of aromatic nitrogens is 2. The van der Waals surface area contributed by atoms with Crippen LogP contribution in [0.1, 0.15) is 10.5 Å². The van der Waals surface area contributed by atoms with Crippen LogP contribution in [-0.2, 0) is 0 Å². The largest absolute Gasteiger partial charge is 0.326 e. The zero-order valence-electron chi connectivity index (χ0n) is 9.29. The van der Waals surface area contributed by atoms with E-state index in [2.05, 4.69) is 48.8 Å². The van der Waals surface area contributed by atoms with E-state index in [1.807, 2.05) is 11.1 Å². The summed E-state index contributed by atoms with van der Waals surface area (Å²) in [5, 5.41) is 2.61. The summed E-state index contributed by atoms with van der Waals surface area (Å²) in [5.41, 5.74) is -0.896. The summed E-state index contributed by atoms with van der Waals surface area (Å²) in [4.78, 5) is 38.4. The molecular formula is C11H7BrIN3O3. The molecule has 0 radical (unpaired) electrons. The van der Waals surface area contributed by atoms with E-state index in [-0.39, 0.29) is 5.69 Å². The van der Waals surface area contributed by atoms with E-state index < -0.39 is 17.2 Å². The summed E-state index contributed by atoms with van der Waals surface area (Å²) in [5.74, 6) is -0.564. The van der Waals surface area contributed by atoms with Crippen LogP contribution >= 0.6 is 38.5 Å². The van der Waals surface area contributed by atoms with Crippen molar-refractivity contribution in [2.45, 2.75) is 0 Å². The van der Waals surface area contributed by atoms with E-state index in [1.54, 1.807) is 12.1 Å². The van der Waals surface area contributed by atoms with Crippen molar-refractivity contribution in [3.8, 4) is 0 Å². The van der Waals surface area contributed by atoms with Gasteiger partial charge in [0, 0.05) is 14.1 Å². The lowest BCUT2D eigenvalue weighted by molar-refractivity contribution is 0.102. The molecule has 0 unspecified atom stereocenters. The molecule has 8 heteroatoms. The normalized spacial score (nSPS) is 10.2. The van der Waals surface area contributed by atoms with Crippen molar-refractivity contribution < 1.29 is 4.79 Å². The summed E-state index contributed by atoms with van der Waals surface area (Å²) in [6.07, 6.45) is 0. The van der Waals surface area contributed by atoms with Crippen LogP contribution in [0.25, 0.3) is 0 Å². The number of aromatic amines is 2. The second-order valence-electron chi connectivity index (χ2n) is 3.58. The van der Waals surface area contributed by atoms with Gasteiger partial charge in [0.2, 0.25) is 0 Å². The predicted octanol–water partition coefficient (Wildman–Crippen LogP) is 1.68. The summed E-state index contributed by atoms with van der Waals surface area (Å²) < 4.78 is 1.64. The lowest BCUT2D eigenvalue weighted by Crippen LogP contribution is -2.27. The van der Waals surface area contributed by atoms with Crippen molar-refractivity contribution in [2.75, 3.05) is 5.32 Å². The number of carbonyl (C=O) groups is 1. The Morgan fingerprint density at radius 3 is 2.63 bits per heavy atom. The molecule has 98 valence electrons. The van der Waals surface area contributed by atoms with Crippen LogP contribution in [0.4, 0.5) is 5.69 Å². The van der Waals surface area contributed by atoms with Crippen molar-refractivity contribution in [3.05, 3.63) is 58.8 Å². The van der Waals surface area contributed by atoms with Gasteiger partial charge in [-0.15, -0.1) is 0 Å². The van der Waals surface area contributed by atoms with Crippen molar-refractivity contribution >= 4 is 50.1 Å². The summed E-state index contributed by atoms with van der Waals surface area (Å²) >= 11 is 5.41. The van der Waals surface area contributed by atoms with Gasteiger partial charge in [-0.2, -0.15) is 0 Å². The van der Waals surface area contributed by atoms with Crippen LogP contribution in [0.15, 0.2) is 38.3 Å². The minimum Gasteiger partial charge on any atom is -0.320 e. The van der Waals surface area contributed by atoms with Gasteiger partial charge in [0.1, 0.15) is 5.69 Å². The Morgan fingerprint density at radius 2 is 1.95 bits per heavy atom. The van der Waals surface area contributed by atoms with Crippen LogP contribution in [0.5, 0.6) is 0 Å². The predicted molar refractivity (Wildman–Crippen MR) is 82.5 cm³/mol. The average molecular weight is 436 g/mol. The van der Waals surface area contributed by atoms with Crippen LogP contribution in [0.3, 0.4) is 0 Å². The summed E-state index contributed by atoms with van der Waals surface area (Å²) in [7, 11) is 0. The van der Waals surface area contributed by atoms with Gasteiger partial charge in [0.15, 0.2) is 0 Å². The molecule has 0 spiro atoms. The molecule has 0 saturated heterocycles. The quantitative estimate of drug-likeness (QED) is 0.626. The van der Waals surface area contributed by atoms with Crippen LogP contribution in [0.2, 0.25) is 0 Å². The fourth-order valence-corrected chi connectivity index (χ4v) is 2.21. The van der Waals surface area contributed by atoms with Gasteiger partial charge in [-0.25, -0.2) is 4.79 Å². The molecule has 0 fully saturated rings. The number of hydrogen-bond donors (Lipinski definition) is 3. The van der Waals surface area contributed by atoms with Gasteiger partial charge in [0.25, 0.3) is 11.5 Å². The summed E-state index contributed by atoms with van der Waals surface area (Å²) in [6.45, 7) is 0. The topological polar surface area (TPSA) is 94.8 Å². The molecule has 6 nitrogen and oxygen atoms in total. The Morgan fingerprint density at radius 1 is 1.21 bits per heavy atom. The molecule has 1 aromatic heterocycles. The zero-order valence-corrected chi connectivity index (χ0v) is 13.0. The lowest BCUT2D eigenvalue weighted by Gasteiger charge is -2.07. The Labute approximate surface area is 128 Å². The fourth-order valence-electron chi connectivity index (χ4n) is 1.37. The lowest BCUT2D eigenvalue weighted by atomic mass is 10.3. The van der Waals surface area contributed by atoms with Crippen LogP contribution in [0, 0.1) is 3.57 Å². The number of carbonyl (C=O) groups excluding carboxylic acids is 1. The highest BCUT2D eigenvalue weighted by molar-refractivity contribution is 14.1. The number of hydrogen-bond acceptors (Lipinski definition) is 3. The minimum atomic E-state index is -0.723. The molecule has 0 aliphatic carbocycles. The van der Waals surface area contributed by atoms with Crippen molar-refractivity contribution in [2.24, 2.45) is 0 Å². The molecule has 0 atom stereocenters. The first-order chi connectivity index (χ1) is 8.95. The van der Waals surface area contributed by atoms with Gasteiger partial charge in [-0.3, -0.25) is 14.6 Å². The van der Waals surface area contributed by atoms with Crippen LogP contribution < -0.4 is 16.6 Å². The molecule has 19 heavy (non-hydrogen) atoms. The highest BCUT2D eigenvalue weighted by atomic mass is 127. The number of H-pyrrole nitrogens is 2. The number of nitrogens with one attached hydrogen (secondary N) is 3. The SMILES string of the molecule is O=C(Nc1cc(I)ccc1Br)c1cc(=O)[nH]c(=O)[nH]1. The number of rotatable bonds is 2. The van der Waals surface area contributed by atoms with Crippen molar-refractivity contribution in [1.82, 2.24) is 9.97 Å². The molecule has 0 bridgehead atoms. The van der Waals surface area contributed by atoms with Gasteiger partial charge in [-0.1, -0.05) is 0 Å².